The first-order valence-electron chi connectivity index (χ1n) is 9.64. The molecule has 1 aliphatic carbocycles. The average molecular weight is 396 g/mol. The zero-order valence-corrected chi connectivity index (χ0v) is 16.7. The van der Waals surface area contributed by atoms with Crippen LogP contribution >= 0.6 is 11.6 Å². The van der Waals surface area contributed by atoms with Crippen LogP contribution in [0.2, 0.25) is 5.02 Å². The molecule has 0 aromatic heterocycles. The van der Waals surface area contributed by atoms with Gasteiger partial charge in [0.2, 0.25) is 0 Å². The summed E-state index contributed by atoms with van der Waals surface area (Å²) < 4.78 is 11.6. The highest BCUT2D eigenvalue weighted by Crippen LogP contribution is 2.51. The third-order valence-electron chi connectivity index (χ3n) is 5.72. The summed E-state index contributed by atoms with van der Waals surface area (Å²) in [7, 11) is 0. The summed E-state index contributed by atoms with van der Waals surface area (Å²) in [5, 5.41) is 4.23. The van der Waals surface area contributed by atoms with Gasteiger partial charge in [0.15, 0.2) is 17.3 Å². The number of anilines is 1. The molecule has 2 aromatic rings. The molecule has 144 valence electrons. The number of ketones is 1. The van der Waals surface area contributed by atoms with Gasteiger partial charge in [0, 0.05) is 40.4 Å². The monoisotopic (exact) mass is 395 g/mol. The van der Waals surface area contributed by atoms with Crippen LogP contribution in [0.15, 0.2) is 47.7 Å². The van der Waals surface area contributed by atoms with Crippen LogP contribution in [0.5, 0.6) is 11.5 Å². The van der Waals surface area contributed by atoms with Gasteiger partial charge < -0.3 is 14.8 Å². The first kappa shape index (κ1) is 17.6. The molecule has 0 radical (unpaired) electrons. The van der Waals surface area contributed by atoms with E-state index in [2.05, 4.69) is 19.2 Å². The van der Waals surface area contributed by atoms with E-state index in [0.717, 1.165) is 46.0 Å². The number of nitrogens with one attached hydrogen (secondary N) is 1. The van der Waals surface area contributed by atoms with Crippen LogP contribution in [0.25, 0.3) is 0 Å². The van der Waals surface area contributed by atoms with Crippen LogP contribution in [0, 0.1) is 5.41 Å². The highest BCUT2D eigenvalue weighted by Gasteiger charge is 2.41. The number of allylic oxidation sites excluding steroid dienone is 2. The molecule has 28 heavy (non-hydrogen) atoms. The van der Waals surface area contributed by atoms with Crippen LogP contribution in [-0.2, 0) is 4.79 Å². The van der Waals surface area contributed by atoms with Gasteiger partial charge in [-0.3, -0.25) is 4.79 Å². The molecule has 1 N–H and O–H groups in total. The van der Waals surface area contributed by atoms with Crippen molar-refractivity contribution < 1.29 is 14.3 Å². The Bertz CT molecular complexity index is 1010. The third kappa shape index (κ3) is 2.87. The topological polar surface area (TPSA) is 47.6 Å². The lowest BCUT2D eigenvalue weighted by molar-refractivity contribution is -0.118. The van der Waals surface area contributed by atoms with Crippen LogP contribution in [0.3, 0.4) is 0 Å². The highest BCUT2D eigenvalue weighted by atomic mass is 35.5. The minimum atomic E-state index is -0.136. The van der Waals surface area contributed by atoms with Crippen molar-refractivity contribution in [3.63, 3.8) is 0 Å². The van der Waals surface area contributed by atoms with Crippen molar-refractivity contribution in [2.75, 3.05) is 18.5 Å². The van der Waals surface area contributed by atoms with E-state index in [4.69, 9.17) is 21.1 Å². The average Bonchev–Trinajstić information content (AvgIpc) is 2.64. The second-order valence-corrected chi connectivity index (χ2v) is 8.96. The first-order valence-corrected chi connectivity index (χ1v) is 10.0. The van der Waals surface area contributed by atoms with E-state index in [1.165, 1.54) is 0 Å². The predicted molar refractivity (Wildman–Crippen MR) is 109 cm³/mol. The van der Waals surface area contributed by atoms with Gasteiger partial charge in [-0.05, 0) is 41.2 Å². The fraction of sp³-hybridized carbons (Fsp3) is 0.348. The van der Waals surface area contributed by atoms with E-state index >= 15 is 0 Å². The number of hydrogen-bond acceptors (Lipinski definition) is 4. The van der Waals surface area contributed by atoms with Crippen LogP contribution < -0.4 is 14.8 Å². The maximum absolute atomic E-state index is 13.2. The third-order valence-corrected chi connectivity index (χ3v) is 5.97. The molecule has 4 nitrogen and oxygen atoms in total. The number of rotatable bonds is 1. The maximum Gasteiger partial charge on any atom is 0.163 e. The molecule has 2 heterocycles. The molecule has 0 saturated heterocycles. The predicted octanol–water partition coefficient (Wildman–Crippen LogP) is 5.31. The van der Waals surface area contributed by atoms with Gasteiger partial charge in [-0.1, -0.05) is 37.6 Å². The molecule has 1 atom stereocenters. The van der Waals surface area contributed by atoms with Crippen molar-refractivity contribution in [1.29, 1.82) is 0 Å². The van der Waals surface area contributed by atoms with Gasteiger partial charge in [0.1, 0.15) is 13.2 Å². The van der Waals surface area contributed by atoms with Gasteiger partial charge in [-0.15, -0.1) is 0 Å². The largest absolute Gasteiger partial charge is 0.486 e. The van der Waals surface area contributed by atoms with Gasteiger partial charge in [0.05, 0.1) is 0 Å². The number of halogens is 1. The molecule has 0 saturated carbocycles. The van der Waals surface area contributed by atoms with E-state index in [-0.39, 0.29) is 17.1 Å². The number of carbonyl (C=O) groups excluding carboxylic acids is 1. The number of hydrogen-bond donors (Lipinski definition) is 1. The fourth-order valence-corrected chi connectivity index (χ4v) is 4.68. The summed E-state index contributed by atoms with van der Waals surface area (Å²) >= 11 is 6.12. The number of Topliss-reactive ketones (excluding diaryl/α,β-unsaturated/α-hetero) is 1. The Balaban J connectivity index is 1.72. The molecule has 0 amide bonds. The summed E-state index contributed by atoms with van der Waals surface area (Å²) in [4.78, 5) is 13.2. The molecule has 2 aliphatic heterocycles. The van der Waals surface area contributed by atoms with E-state index in [1.54, 1.807) is 0 Å². The Morgan fingerprint density at radius 2 is 1.71 bits per heavy atom. The molecule has 0 spiro atoms. The Hall–Kier alpha value is -2.46. The van der Waals surface area contributed by atoms with Crippen molar-refractivity contribution >= 4 is 23.1 Å². The second-order valence-electron chi connectivity index (χ2n) is 8.53. The second kappa shape index (κ2) is 6.28. The van der Waals surface area contributed by atoms with E-state index < -0.39 is 0 Å². The van der Waals surface area contributed by atoms with Gasteiger partial charge in [-0.25, -0.2) is 0 Å². The van der Waals surface area contributed by atoms with Crippen LogP contribution in [0.1, 0.15) is 43.7 Å². The van der Waals surface area contributed by atoms with Crippen LogP contribution in [-0.4, -0.2) is 19.0 Å². The summed E-state index contributed by atoms with van der Waals surface area (Å²) in [5.74, 6) is 1.55. The van der Waals surface area contributed by atoms with Crippen molar-refractivity contribution in [2.24, 2.45) is 5.41 Å². The lowest BCUT2D eigenvalue weighted by Gasteiger charge is -2.40. The lowest BCUT2D eigenvalue weighted by atomic mass is 9.68. The Morgan fingerprint density at radius 3 is 2.43 bits per heavy atom. The molecule has 3 aliphatic rings. The number of fused-ring (bicyclic) bond motifs is 2. The molecule has 5 rings (SSSR count). The molecule has 0 bridgehead atoms. The number of benzene rings is 2. The Morgan fingerprint density at radius 1 is 1.04 bits per heavy atom. The molecule has 2 aromatic carbocycles. The van der Waals surface area contributed by atoms with Crippen molar-refractivity contribution in [3.05, 3.63) is 63.8 Å². The SMILES string of the molecule is CC1(C)CC(=O)C2=C(C1)Nc1cc3c(cc1[C@@H]2c1ccc(Cl)cc1)OCCO3. The van der Waals surface area contributed by atoms with Crippen LogP contribution in [0.4, 0.5) is 5.69 Å². The van der Waals surface area contributed by atoms with E-state index in [0.29, 0.717) is 24.7 Å². The zero-order chi connectivity index (χ0) is 19.5. The quantitative estimate of drug-likeness (QED) is 0.710. The molecule has 0 fully saturated rings. The number of ether oxygens (including phenoxy) is 2. The van der Waals surface area contributed by atoms with Crippen molar-refractivity contribution in [2.45, 2.75) is 32.6 Å². The first-order chi connectivity index (χ1) is 13.4. The summed E-state index contributed by atoms with van der Waals surface area (Å²) in [6, 6.07) is 11.8. The smallest absolute Gasteiger partial charge is 0.163 e. The zero-order valence-electron chi connectivity index (χ0n) is 16.0. The standard InChI is InChI=1S/C23H22ClNO3/c1-23(2)11-17-22(18(26)12-23)21(13-3-5-14(24)6-4-13)15-9-19-20(10-16(15)25-17)28-8-7-27-19/h3-6,9-10,21,25H,7-8,11-12H2,1-2H3/t21-/m0/s1. The minimum Gasteiger partial charge on any atom is -0.486 e. The Labute approximate surface area is 169 Å². The van der Waals surface area contributed by atoms with E-state index in [1.807, 2.05) is 36.4 Å². The van der Waals surface area contributed by atoms with Gasteiger partial charge >= 0.3 is 0 Å². The number of carbonyl (C=O) groups is 1. The summed E-state index contributed by atoms with van der Waals surface area (Å²) in [5.41, 5.74) is 4.91. The fourth-order valence-electron chi connectivity index (χ4n) is 4.55. The minimum absolute atomic E-state index is 0.0568. The molecule has 0 unspecified atom stereocenters. The molecular formula is C23H22ClNO3. The molecular weight excluding hydrogens is 374 g/mol. The van der Waals surface area contributed by atoms with Gasteiger partial charge in [-0.2, -0.15) is 0 Å². The maximum atomic E-state index is 13.2. The van der Waals surface area contributed by atoms with Crippen molar-refractivity contribution in [3.8, 4) is 11.5 Å². The highest BCUT2D eigenvalue weighted by molar-refractivity contribution is 6.30. The Kier molecular flexibility index (Phi) is 3.95. The molecule has 5 heteroatoms. The van der Waals surface area contributed by atoms with Crippen molar-refractivity contribution in [1.82, 2.24) is 0 Å². The van der Waals surface area contributed by atoms with Gasteiger partial charge in [0.25, 0.3) is 0 Å². The summed E-state index contributed by atoms with van der Waals surface area (Å²) in [6.45, 7) is 5.37. The van der Waals surface area contributed by atoms with E-state index in [9.17, 15) is 4.79 Å². The summed E-state index contributed by atoms with van der Waals surface area (Å²) in [6.07, 6.45) is 1.39. The normalized spacial score (nSPS) is 22.2. The lowest BCUT2D eigenvalue weighted by Crippen LogP contribution is -2.34.